The number of hydrogen-bond donors (Lipinski definition) is 1. The van der Waals surface area contributed by atoms with E-state index in [9.17, 15) is 24.1 Å². The molecule has 1 aromatic carbocycles. The summed E-state index contributed by atoms with van der Waals surface area (Å²) in [5.74, 6) is -2.84. The maximum Gasteiger partial charge on any atom is 0.342 e. The van der Waals surface area contributed by atoms with Crippen molar-refractivity contribution >= 4 is 23.3 Å². The van der Waals surface area contributed by atoms with Crippen LogP contribution >= 0.6 is 0 Å². The van der Waals surface area contributed by atoms with Crippen molar-refractivity contribution in [1.29, 1.82) is 0 Å². The number of nitro groups is 1. The summed E-state index contributed by atoms with van der Waals surface area (Å²) in [5, 5.41) is 19.7. The van der Waals surface area contributed by atoms with Crippen LogP contribution in [0.3, 0.4) is 0 Å². The fraction of sp³-hybridized carbons (Fsp3) is 0.333. The van der Waals surface area contributed by atoms with Crippen molar-refractivity contribution < 1.29 is 24.0 Å². The van der Waals surface area contributed by atoms with Crippen molar-refractivity contribution in [1.82, 2.24) is 4.90 Å². The number of nitrogens with zero attached hydrogens (tertiary/aromatic N) is 3. The van der Waals surface area contributed by atoms with Crippen LogP contribution in [0.2, 0.25) is 0 Å². The standard InChI is InChI=1S/C12H14FN3O5/c1-14(2)11(17)6-15(3)10-4-7(12(18)19)9(16(20)21)5-8(10)13/h4-5H,6H2,1-3H3,(H,18,19). The van der Waals surface area contributed by atoms with Crippen LogP contribution in [0, 0.1) is 15.9 Å². The Morgan fingerprint density at radius 1 is 1.33 bits per heavy atom. The largest absolute Gasteiger partial charge is 0.477 e. The van der Waals surface area contributed by atoms with E-state index in [-0.39, 0.29) is 18.1 Å². The molecule has 21 heavy (non-hydrogen) atoms. The average Bonchev–Trinajstić information content (AvgIpc) is 2.37. The van der Waals surface area contributed by atoms with E-state index in [0.717, 1.165) is 6.07 Å². The maximum atomic E-state index is 13.9. The maximum absolute atomic E-state index is 13.9. The van der Waals surface area contributed by atoms with Gasteiger partial charge < -0.3 is 14.9 Å². The molecule has 0 saturated carbocycles. The highest BCUT2D eigenvalue weighted by Gasteiger charge is 2.25. The molecule has 9 heteroatoms. The van der Waals surface area contributed by atoms with Crippen LogP contribution in [0.25, 0.3) is 0 Å². The first-order valence-corrected chi connectivity index (χ1v) is 5.77. The Kier molecular flexibility index (Phi) is 4.79. The van der Waals surface area contributed by atoms with Crippen LogP contribution in [0.15, 0.2) is 12.1 Å². The molecule has 0 bridgehead atoms. The van der Waals surface area contributed by atoms with Crippen molar-refractivity contribution in [3.63, 3.8) is 0 Å². The highest BCUT2D eigenvalue weighted by molar-refractivity contribution is 5.94. The summed E-state index contributed by atoms with van der Waals surface area (Å²) in [4.78, 5) is 34.8. The van der Waals surface area contributed by atoms with Crippen molar-refractivity contribution in [2.45, 2.75) is 0 Å². The number of anilines is 1. The first kappa shape index (κ1) is 16.3. The molecule has 1 rings (SSSR count). The molecule has 0 fully saturated rings. The third-order valence-electron chi connectivity index (χ3n) is 2.77. The van der Waals surface area contributed by atoms with Crippen LogP contribution in [-0.2, 0) is 4.79 Å². The van der Waals surface area contributed by atoms with E-state index in [1.165, 1.54) is 30.9 Å². The summed E-state index contributed by atoms with van der Waals surface area (Å²) < 4.78 is 13.9. The summed E-state index contributed by atoms with van der Waals surface area (Å²) in [6, 6.07) is 1.38. The molecule has 0 radical (unpaired) electrons. The number of aromatic carboxylic acids is 1. The predicted molar refractivity (Wildman–Crippen MR) is 72.0 cm³/mol. The van der Waals surface area contributed by atoms with Crippen LogP contribution in [-0.4, -0.2) is 54.5 Å². The van der Waals surface area contributed by atoms with E-state index in [0.29, 0.717) is 6.07 Å². The zero-order valence-electron chi connectivity index (χ0n) is 11.7. The van der Waals surface area contributed by atoms with Gasteiger partial charge in [0.1, 0.15) is 5.56 Å². The van der Waals surface area contributed by atoms with Gasteiger partial charge in [-0.25, -0.2) is 9.18 Å². The molecule has 114 valence electrons. The molecule has 0 unspecified atom stereocenters. The number of amides is 1. The van der Waals surface area contributed by atoms with Crippen molar-refractivity contribution in [2.75, 3.05) is 32.6 Å². The molecule has 0 aliphatic rings. The Labute approximate surface area is 119 Å². The van der Waals surface area contributed by atoms with E-state index in [4.69, 9.17) is 5.11 Å². The van der Waals surface area contributed by atoms with Gasteiger partial charge in [0.05, 0.1) is 23.2 Å². The van der Waals surface area contributed by atoms with Gasteiger partial charge in [-0.3, -0.25) is 14.9 Å². The first-order chi connectivity index (χ1) is 9.65. The third kappa shape index (κ3) is 3.65. The molecular weight excluding hydrogens is 285 g/mol. The first-order valence-electron chi connectivity index (χ1n) is 5.77. The molecule has 8 nitrogen and oxygen atoms in total. The zero-order chi connectivity index (χ0) is 16.3. The van der Waals surface area contributed by atoms with Gasteiger partial charge in [-0.2, -0.15) is 0 Å². The lowest BCUT2D eigenvalue weighted by atomic mass is 10.1. The Balaban J connectivity index is 3.25. The summed E-state index contributed by atoms with van der Waals surface area (Å²) in [7, 11) is 4.42. The number of carbonyl (C=O) groups is 2. The lowest BCUT2D eigenvalue weighted by Gasteiger charge is -2.21. The van der Waals surface area contributed by atoms with Crippen LogP contribution < -0.4 is 4.90 Å². The zero-order valence-corrected chi connectivity index (χ0v) is 11.7. The molecule has 0 saturated heterocycles. The molecule has 0 aliphatic carbocycles. The fourth-order valence-electron chi connectivity index (χ4n) is 1.60. The van der Waals surface area contributed by atoms with Crippen molar-refractivity contribution in [3.05, 3.63) is 33.6 Å². The lowest BCUT2D eigenvalue weighted by molar-refractivity contribution is -0.385. The Hall–Kier alpha value is -2.71. The van der Waals surface area contributed by atoms with Gasteiger partial charge in [-0.05, 0) is 6.07 Å². The quantitative estimate of drug-likeness (QED) is 0.641. The molecule has 1 aromatic rings. The minimum atomic E-state index is -1.55. The number of carboxylic acids is 1. The van der Waals surface area contributed by atoms with Gasteiger partial charge in [0.25, 0.3) is 5.69 Å². The molecule has 0 spiro atoms. The molecule has 0 atom stereocenters. The van der Waals surface area contributed by atoms with Gasteiger partial charge in [-0.15, -0.1) is 0 Å². The van der Waals surface area contributed by atoms with E-state index in [1.54, 1.807) is 0 Å². The topological polar surface area (TPSA) is 104 Å². The van der Waals surface area contributed by atoms with E-state index >= 15 is 0 Å². The monoisotopic (exact) mass is 299 g/mol. The van der Waals surface area contributed by atoms with E-state index in [2.05, 4.69) is 0 Å². The van der Waals surface area contributed by atoms with Crippen molar-refractivity contribution in [3.8, 4) is 0 Å². The molecule has 1 amide bonds. The van der Waals surface area contributed by atoms with Crippen LogP contribution in [0.1, 0.15) is 10.4 Å². The summed E-state index contributed by atoms with van der Waals surface area (Å²) in [5.41, 5.74) is -1.68. The number of rotatable bonds is 5. The lowest BCUT2D eigenvalue weighted by Crippen LogP contribution is -2.34. The number of likely N-dealkylation sites (N-methyl/N-ethyl adjacent to an activating group) is 2. The second-order valence-corrected chi connectivity index (χ2v) is 4.53. The number of carbonyl (C=O) groups excluding carboxylic acids is 1. The second-order valence-electron chi connectivity index (χ2n) is 4.53. The predicted octanol–water partition coefficient (Wildman–Crippen LogP) is 0.957. The SMILES string of the molecule is CN(C)C(=O)CN(C)c1cc(C(=O)O)c([N+](=O)[O-])cc1F. The highest BCUT2D eigenvalue weighted by Crippen LogP contribution is 2.28. The number of nitro benzene ring substituents is 1. The average molecular weight is 299 g/mol. The van der Waals surface area contributed by atoms with Gasteiger partial charge in [0, 0.05) is 21.1 Å². The molecule has 0 aliphatic heterocycles. The Morgan fingerprint density at radius 2 is 1.90 bits per heavy atom. The fourth-order valence-corrected chi connectivity index (χ4v) is 1.60. The summed E-state index contributed by atoms with van der Waals surface area (Å²) in [6.45, 7) is -0.194. The summed E-state index contributed by atoms with van der Waals surface area (Å²) in [6.07, 6.45) is 0. The smallest absolute Gasteiger partial charge is 0.342 e. The molecular formula is C12H14FN3O5. The highest BCUT2D eigenvalue weighted by atomic mass is 19.1. The van der Waals surface area contributed by atoms with E-state index < -0.39 is 28.0 Å². The normalized spacial score (nSPS) is 10.1. The summed E-state index contributed by atoms with van der Waals surface area (Å²) >= 11 is 0. The van der Waals surface area contributed by atoms with Gasteiger partial charge in [0.15, 0.2) is 5.82 Å². The Morgan fingerprint density at radius 3 is 2.33 bits per heavy atom. The number of halogens is 1. The Bertz CT molecular complexity index is 603. The van der Waals surface area contributed by atoms with Gasteiger partial charge >= 0.3 is 5.97 Å². The minimum Gasteiger partial charge on any atom is -0.477 e. The molecule has 0 aromatic heterocycles. The third-order valence-corrected chi connectivity index (χ3v) is 2.77. The van der Waals surface area contributed by atoms with Crippen LogP contribution in [0.5, 0.6) is 0 Å². The van der Waals surface area contributed by atoms with Gasteiger partial charge in [-0.1, -0.05) is 0 Å². The minimum absolute atomic E-state index is 0.194. The van der Waals surface area contributed by atoms with E-state index in [1.807, 2.05) is 0 Å². The molecule has 0 heterocycles. The van der Waals surface area contributed by atoms with Gasteiger partial charge in [0.2, 0.25) is 5.91 Å². The number of carboxylic acid groups (broad SMARTS) is 1. The number of hydrogen-bond acceptors (Lipinski definition) is 5. The second kappa shape index (κ2) is 6.16. The van der Waals surface area contributed by atoms with Crippen LogP contribution in [0.4, 0.5) is 15.8 Å². The number of benzene rings is 1. The van der Waals surface area contributed by atoms with Crippen molar-refractivity contribution in [2.24, 2.45) is 0 Å². The molecule has 1 N–H and O–H groups in total.